The number of carbonyl (C=O) groups is 1. The molecule has 3 aromatic rings. The summed E-state index contributed by atoms with van der Waals surface area (Å²) in [6.07, 6.45) is 3.18. The van der Waals surface area contributed by atoms with E-state index in [1.165, 1.54) is 0 Å². The molecule has 22 heavy (non-hydrogen) atoms. The van der Waals surface area contributed by atoms with Gasteiger partial charge in [0.25, 0.3) is 5.91 Å². The van der Waals surface area contributed by atoms with Gasteiger partial charge in [-0.15, -0.1) is 0 Å². The minimum atomic E-state index is -0.203. The van der Waals surface area contributed by atoms with E-state index >= 15 is 0 Å². The number of nitrogens with one attached hydrogen (secondary N) is 1. The van der Waals surface area contributed by atoms with Crippen molar-refractivity contribution in [2.24, 2.45) is 0 Å². The smallest absolute Gasteiger partial charge is 0.321 e. The van der Waals surface area contributed by atoms with Crippen LogP contribution in [-0.4, -0.2) is 15.9 Å². The number of amides is 1. The lowest BCUT2D eigenvalue weighted by molar-refractivity contribution is 0.102. The van der Waals surface area contributed by atoms with Gasteiger partial charge in [0.15, 0.2) is 0 Å². The number of para-hydroxylation sites is 1. The molecular weight excluding hydrogens is 278 g/mol. The molecule has 0 radical (unpaired) electrons. The lowest BCUT2D eigenvalue weighted by atomic mass is 10.2. The van der Waals surface area contributed by atoms with E-state index in [1.807, 2.05) is 30.3 Å². The molecule has 1 aromatic heterocycles. The quantitative estimate of drug-likeness (QED) is 0.798. The van der Waals surface area contributed by atoms with E-state index in [1.54, 1.807) is 42.7 Å². The zero-order valence-electron chi connectivity index (χ0n) is 11.6. The predicted molar refractivity (Wildman–Crippen MR) is 82.9 cm³/mol. The maximum Gasteiger partial charge on any atom is 0.321 e. The second-order valence-electron chi connectivity index (χ2n) is 4.48. The summed E-state index contributed by atoms with van der Waals surface area (Å²) in [6.45, 7) is 0. The summed E-state index contributed by atoms with van der Waals surface area (Å²) in [5, 5.41) is 2.82. The van der Waals surface area contributed by atoms with Crippen LogP contribution in [0, 0.1) is 0 Å². The van der Waals surface area contributed by atoms with E-state index < -0.39 is 0 Å². The Labute approximate surface area is 127 Å². The molecule has 1 amide bonds. The summed E-state index contributed by atoms with van der Waals surface area (Å²) in [4.78, 5) is 20.2. The summed E-state index contributed by atoms with van der Waals surface area (Å²) >= 11 is 0. The van der Waals surface area contributed by atoms with Gasteiger partial charge >= 0.3 is 6.01 Å². The third-order valence-corrected chi connectivity index (χ3v) is 2.88. The molecule has 0 saturated carbocycles. The number of aromatic nitrogens is 2. The van der Waals surface area contributed by atoms with Crippen LogP contribution in [0.4, 0.5) is 5.69 Å². The minimum Gasteiger partial charge on any atom is -0.424 e. The highest BCUT2D eigenvalue weighted by molar-refractivity contribution is 6.04. The summed E-state index contributed by atoms with van der Waals surface area (Å²) in [5.74, 6) is 0.303. The number of hydrogen-bond acceptors (Lipinski definition) is 4. The Balaban J connectivity index is 1.75. The Bertz CT molecular complexity index is 761. The first kappa shape index (κ1) is 13.8. The molecule has 0 aliphatic rings. The van der Waals surface area contributed by atoms with Crippen LogP contribution in [0.25, 0.3) is 0 Å². The maximum absolute atomic E-state index is 12.2. The summed E-state index contributed by atoms with van der Waals surface area (Å²) in [5.41, 5.74) is 1.24. The molecule has 5 nitrogen and oxygen atoms in total. The van der Waals surface area contributed by atoms with E-state index in [-0.39, 0.29) is 11.9 Å². The number of ether oxygens (including phenoxy) is 1. The Morgan fingerprint density at radius 2 is 1.68 bits per heavy atom. The molecule has 5 heteroatoms. The highest BCUT2D eigenvalue weighted by atomic mass is 16.5. The first-order valence-electron chi connectivity index (χ1n) is 6.72. The van der Waals surface area contributed by atoms with Crippen molar-refractivity contribution in [1.82, 2.24) is 9.97 Å². The number of rotatable bonds is 4. The van der Waals surface area contributed by atoms with Crippen molar-refractivity contribution in [2.45, 2.75) is 0 Å². The molecule has 1 heterocycles. The zero-order valence-corrected chi connectivity index (χ0v) is 11.6. The van der Waals surface area contributed by atoms with Crippen molar-refractivity contribution in [3.8, 4) is 11.8 Å². The minimum absolute atomic E-state index is 0.203. The second-order valence-corrected chi connectivity index (χ2v) is 4.48. The van der Waals surface area contributed by atoms with Crippen molar-refractivity contribution < 1.29 is 9.53 Å². The molecule has 0 aliphatic heterocycles. The van der Waals surface area contributed by atoms with Gasteiger partial charge in [-0.1, -0.05) is 24.3 Å². The van der Waals surface area contributed by atoms with E-state index in [2.05, 4.69) is 15.3 Å². The summed E-state index contributed by atoms with van der Waals surface area (Å²) in [7, 11) is 0. The predicted octanol–water partition coefficient (Wildman–Crippen LogP) is 3.52. The highest BCUT2D eigenvalue weighted by Gasteiger charge is 2.08. The topological polar surface area (TPSA) is 64.1 Å². The lowest BCUT2D eigenvalue weighted by Crippen LogP contribution is -2.11. The van der Waals surface area contributed by atoms with Crippen molar-refractivity contribution in [3.63, 3.8) is 0 Å². The molecule has 1 N–H and O–H groups in total. The van der Waals surface area contributed by atoms with Crippen LogP contribution in [0.2, 0.25) is 0 Å². The molecule has 0 atom stereocenters. The van der Waals surface area contributed by atoms with Crippen LogP contribution in [0.15, 0.2) is 73.1 Å². The van der Waals surface area contributed by atoms with Gasteiger partial charge in [-0.3, -0.25) is 4.79 Å². The largest absolute Gasteiger partial charge is 0.424 e. The first-order valence-corrected chi connectivity index (χ1v) is 6.72. The van der Waals surface area contributed by atoms with Crippen LogP contribution in [0.1, 0.15) is 10.4 Å². The molecular formula is C17H13N3O2. The summed E-state index contributed by atoms with van der Waals surface area (Å²) < 4.78 is 5.52. The summed E-state index contributed by atoms with van der Waals surface area (Å²) in [6, 6.07) is 18.1. The van der Waals surface area contributed by atoms with Gasteiger partial charge in [-0.2, -0.15) is 0 Å². The zero-order chi connectivity index (χ0) is 15.2. The van der Waals surface area contributed by atoms with Crippen molar-refractivity contribution >= 4 is 11.6 Å². The van der Waals surface area contributed by atoms with Crippen molar-refractivity contribution in [3.05, 3.63) is 78.6 Å². The molecule has 2 aromatic carbocycles. The van der Waals surface area contributed by atoms with E-state index in [0.717, 1.165) is 5.69 Å². The normalized spacial score (nSPS) is 10.0. The molecule has 0 unspecified atom stereocenters. The second kappa shape index (κ2) is 6.49. The van der Waals surface area contributed by atoms with E-state index in [9.17, 15) is 4.79 Å². The van der Waals surface area contributed by atoms with Crippen LogP contribution < -0.4 is 10.1 Å². The fraction of sp³-hybridized carbons (Fsp3) is 0. The SMILES string of the molecule is O=C(Nc1ccccc1)c1cccc(Oc2ncccn2)c1. The molecule has 3 rings (SSSR count). The average Bonchev–Trinajstić information content (AvgIpc) is 2.57. The third kappa shape index (κ3) is 3.46. The number of carbonyl (C=O) groups excluding carboxylic acids is 1. The van der Waals surface area contributed by atoms with Gasteiger partial charge in [0.2, 0.25) is 0 Å². The van der Waals surface area contributed by atoms with Crippen LogP contribution in [0.5, 0.6) is 11.8 Å². The van der Waals surface area contributed by atoms with Crippen molar-refractivity contribution in [2.75, 3.05) is 5.32 Å². The van der Waals surface area contributed by atoms with Gasteiger partial charge < -0.3 is 10.1 Å². The Kier molecular flexibility index (Phi) is 4.06. The molecule has 108 valence electrons. The van der Waals surface area contributed by atoms with Crippen molar-refractivity contribution in [1.29, 1.82) is 0 Å². The standard InChI is InChI=1S/C17H13N3O2/c21-16(20-14-7-2-1-3-8-14)13-6-4-9-15(12-13)22-17-18-10-5-11-19-17/h1-12H,(H,20,21). The molecule has 0 saturated heterocycles. The molecule has 0 bridgehead atoms. The Hall–Kier alpha value is -3.21. The maximum atomic E-state index is 12.2. The Morgan fingerprint density at radius 3 is 2.45 bits per heavy atom. The Morgan fingerprint density at radius 1 is 0.909 bits per heavy atom. The lowest BCUT2D eigenvalue weighted by Gasteiger charge is -2.07. The fourth-order valence-electron chi connectivity index (χ4n) is 1.87. The number of benzene rings is 2. The van der Waals surface area contributed by atoms with Gasteiger partial charge in [0.1, 0.15) is 5.75 Å². The first-order chi connectivity index (χ1) is 10.8. The van der Waals surface area contributed by atoms with Crippen LogP contribution in [-0.2, 0) is 0 Å². The fourth-order valence-corrected chi connectivity index (χ4v) is 1.87. The number of anilines is 1. The van der Waals surface area contributed by atoms with E-state index in [4.69, 9.17) is 4.74 Å². The highest BCUT2D eigenvalue weighted by Crippen LogP contribution is 2.19. The van der Waals surface area contributed by atoms with Gasteiger partial charge in [-0.25, -0.2) is 9.97 Å². The van der Waals surface area contributed by atoms with Crippen LogP contribution in [0.3, 0.4) is 0 Å². The average molecular weight is 291 g/mol. The monoisotopic (exact) mass is 291 g/mol. The molecule has 0 spiro atoms. The number of nitrogens with zero attached hydrogens (tertiary/aromatic N) is 2. The van der Waals surface area contributed by atoms with Gasteiger partial charge in [-0.05, 0) is 36.4 Å². The van der Waals surface area contributed by atoms with Gasteiger partial charge in [0.05, 0.1) is 0 Å². The third-order valence-electron chi connectivity index (χ3n) is 2.88. The molecule has 0 fully saturated rings. The number of hydrogen-bond donors (Lipinski definition) is 1. The van der Waals surface area contributed by atoms with Crippen LogP contribution >= 0.6 is 0 Å². The van der Waals surface area contributed by atoms with E-state index in [0.29, 0.717) is 11.3 Å². The van der Waals surface area contributed by atoms with Gasteiger partial charge in [0, 0.05) is 23.6 Å². The molecule has 0 aliphatic carbocycles.